The summed E-state index contributed by atoms with van der Waals surface area (Å²) >= 11 is 0. The lowest BCUT2D eigenvalue weighted by molar-refractivity contribution is 0.259. The fourth-order valence-corrected chi connectivity index (χ4v) is 3.68. The second kappa shape index (κ2) is 6.91. The van der Waals surface area contributed by atoms with E-state index in [9.17, 15) is 8.42 Å². The molecule has 1 unspecified atom stereocenters. The minimum absolute atomic E-state index is 0.0927. The highest BCUT2D eigenvalue weighted by Crippen LogP contribution is 2.20. The molecule has 116 valence electrons. The smallest absolute Gasteiger partial charge is 0.211 e. The Morgan fingerprint density at radius 1 is 1.38 bits per heavy atom. The molecular formula is C14H22N4O2S. The minimum Gasteiger partial charge on any atom is -0.370 e. The molecule has 1 aromatic rings. The summed E-state index contributed by atoms with van der Waals surface area (Å²) in [6.07, 6.45) is 4.01. The van der Waals surface area contributed by atoms with Gasteiger partial charge in [-0.15, -0.1) is 0 Å². The van der Waals surface area contributed by atoms with E-state index in [-0.39, 0.29) is 6.04 Å². The first-order valence-electron chi connectivity index (χ1n) is 7.05. The van der Waals surface area contributed by atoms with Gasteiger partial charge >= 0.3 is 0 Å². The lowest BCUT2D eigenvalue weighted by atomic mass is 10.1. The van der Waals surface area contributed by atoms with Crippen molar-refractivity contribution in [2.45, 2.75) is 25.3 Å². The molecule has 0 saturated carbocycles. The number of rotatable bonds is 4. The minimum atomic E-state index is -3.18. The topological polar surface area (TPSA) is 87.8 Å². The van der Waals surface area contributed by atoms with Crippen LogP contribution in [0.5, 0.6) is 0 Å². The molecule has 1 aliphatic rings. The summed E-state index contributed by atoms with van der Waals surface area (Å²) in [5.74, 6) is 0.306. The van der Waals surface area contributed by atoms with Gasteiger partial charge < -0.3 is 11.1 Å². The monoisotopic (exact) mass is 310 g/mol. The normalized spacial score (nSPS) is 21.2. The van der Waals surface area contributed by atoms with Gasteiger partial charge in [-0.05, 0) is 25.0 Å². The van der Waals surface area contributed by atoms with Crippen LogP contribution in [-0.2, 0) is 10.0 Å². The second-order valence-corrected chi connectivity index (χ2v) is 7.18. The van der Waals surface area contributed by atoms with E-state index in [1.54, 1.807) is 0 Å². The molecule has 0 bridgehead atoms. The molecule has 0 spiro atoms. The molecule has 0 aromatic heterocycles. The number of para-hydroxylation sites is 1. The maximum absolute atomic E-state index is 11.8. The number of sulfonamides is 1. The molecule has 0 aliphatic carbocycles. The van der Waals surface area contributed by atoms with Gasteiger partial charge in [-0.25, -0.2) is 8.42 Å². The van der Waals surface area contributed by atoms with Crippen molar-refractivity contribution in [2.24, 2.45) is 10.7 Å². The highest BCUT2D eigenvalue weighted by Gasteiger charge is 2.28. The van der Waals surface area contributed by atoms with Gasteiger partial charge in [0.2, 0.25) is 10.0 Å². The summed E-state index contributed by atoms with van der Waals surface area (Å²) in [6, 6.07) is 9.43. The van der Waals surface area contributed by atoms with Crippen molar-refractivity contribution in [1.82, 2.24) is 4.31 Å². The van der Waals surface area contributed by atoms with E-state index in [1.165, 1.54) is 10.6 Å². The molecule has 1 heterocycles. The van der Waals surface area contributed by atoms with Crippen LogP contribution in [0.25, 0.3) is 0 Å². The first-order chi connectivity index (χ1) is 9.97. The SMILES string of the molecule is CS(=O)(=O)N1CCCCC1CN=C(N)Nc1ccccc1. The van der Waals surface area contributed by atoms with Crippen molar-refractivity contribution >= 4 is 21.7 Å². The molecule has 1 fully saturated rings. The Balaban J connectivity index is 1.98. The number of piperidine rings is 1. The molecule has 1 aromatic carbocycles. The fourth-order valence-electron chi connectivity index (χ4n) is 2.51. The van der Waals surface area contributed by atoms with E-state index >= 15 is 0 Å². The predicted molar refractivity (Wildman–Crippen MR) is 85.7 cm³/mol. The molecular weight excluding hydrogens is 288 g/mol. The summed E-state index contributed by atoms with van der Waals surface area (Å²) in [7, 11) is -3.18. The van der Waals surface area contributed by atoms with E-state index in [2.05, 4.69) is 10.3 Å². The Morgan fingerprint density at radius 2 is 2.10 bits per heavy atom. The summed E-state index contributed by atoms with van der Waals surface area (Å²) in [6.45, 7) is 0.962. The third-order valence-electron chi connectivity index (χ3n) is 3.52. The molecule has 7 heteroatoms. The first-order valence-corrected chi connectivity index (χ1v) is 8.90. The van der Waals surface area contributed by atoms with Crippen molar-refractivity contribution in [2.75, 3.05) is 24.7 Å². The van der Waals surface area contributed by atoms with Crippen LogP contribution < -0.4 is 11.1 Å². The molecule has 21 heavy (non-hydrogen) atoms. The zero-order valence-electron chi connectivity index (χ0n) is 12.2. The maximum atomic E-state index is 11.8. The highest BCUT2D eigenvalue weighted by atomic mass is 32.2. The Labute approximate surface area is 126 Å². The average molecular weight is 310 g/mol. The van der Waals surface area contributed by atoms with Crippen molar-refractivity contribution < 1.29 is 8.42 Å². The third kappa shape index (κ3) is 4.71. The van der Waals surface area contributed by atoms with Gasteiger partial charge in [0.25, 0.3) is 0 Å². The third-order valence-corrected chi connectivity index (χ3v) is 4.85. The summed E-state index contributed by atoms with van der Waals surface area (Å²) < 4.78 is 25.1. The Bertz CT molecular complexity index is 586. The number of hydrogen-bond acceptors (Lipinski definition) is 3. The zero-order chi connectivity index (χ0) is 15.3. The molecule has 1 saturated heterocycles. The van der Waals surface area contributed by atoms with Crippen LogP contribution in [0, 0.1) is 0 Å². The molecule has 6 nitrogen and oxygen atoms in total. The number of benzene rings is 1. The van der Waals surface area contributed by atoms with E-state index in [4.69, 9.17) is 5.73 Å². The molecule has 0 amide bonds. The van der Waals surface area contributed by atoms with Gasteiger partial charge in [-0.3, -0.25) is 4.99 Å². The van der Waals surface area contributed by atoms with Crippen LogP contribution in [-0.4, -0.2) is 44.1 Å². The molecule has 1 aliphatic heterocycles. The molecule has 3 N–H and O–H groups in total. The second-order valence-electron chi connectivity index (χ2n) is 5.24. The van der Waals surface area contributed by atoms with Crippen molar-refractivity contribution in [3.63, 3.8) is 0 Å². The predicted octanol–water partition coefficient (Wildman–Crippen LogP) is 1.23. The fraction of sp³-hybridized carbons (Fsp3) is 0.500. The van der Waals surface area contributed by atoms with Gasteiger partial charge in [0, 0.05) is 18.3 Å². The number of nitrogens with two attached hydrogens (primary N) is 1. The van der Waals surface area contributed by atoms with Crippen molar-refractivity contribution in [3.05, 3.63) is 30.3 Å². The van der Waals surface area contributed by atoms with Gasteiger partial charge in [0.05, 0.1) is 12.8 Å². The van der Waals surface area contributed by atoms with Crippen LogP contribution in [0.1, 0.15) is 19.3 Å². The van der Waals surface area contributed by atoms with Gasteiger partial charge in [-0.2, -0.15) is 4.31 Å². The lowest BCUT2D eigenvalue weighted by Gasteiger charge is -2.32. The van der Waals surface area contributed by atoms with Crippen molar-refractivity contribution in [3.8, 4) is 0 Å². The average Bonchev–Trinajstić information content (AvgIpc) is 2.45. The lowest BCUT2D eigenvalue weighted by Crippen LogP contribution is -2.45. The Hall–Kier alpha value is -1.60. The van der Waals surface area contributed by atoms with Crippen molar-refractivity contribution in [1.29, 1.82) is 0 Å². The quantitative estimate of drug-likeness (QED) is 0.647. The molecule has 1 atom stereocenters. The van der Waals surface area contributed by atoms with Gasteiger partial charge in [0.1, 0.15) is 0 Å². The summed E-state index contributed by atoms with van der Waals surface area (Å²) in [5.41, 5.74) is 6.71. The number of nitrogens with zero attached hydrogens (tertiary/aromatic N) is 2. The van der Waals surface area contributed by atoms with E-state index in [0.29, 0.717) is 19.0 Å². The van der Waals surface area contributed by atoms with Crippen LogP contribution in [0.2, 0.25) is 0 Å². The Kier molecular flexibility index (Phi) is 5.19. The van der Waals surface area contributed by atoms with Crippen LogP contribution >= 0.6 is 0 Å². The first kappa shape index (κ1) is 15.8. The molecule has 2 rings (SSSR count). The summed E-state index contributed by atoms with van der Waals surface area (Å²) in [4.78, 5) is 4.28. The summed E-state index contributed by atoms with van der Waals surface area (Å²) in [5, 5.41) is 2.99. The van der Waals surface area contributed by atoms with Gasteiger partial charge in [-0.1, -0.05) is 24.6 Å². The standard InChI is InChI=1S/C14H22N4O2S/c1-21(19,20)18-10-6-5-9-13(18)11-16-14(15)17-12-7-3-2-4-8-12/h2-4,7-8,13H,5-6,9-11H2,1H3,(H3,15,16,17). The number of guanidine groups is 1. The van der Waals surface area contributed by atoms with Crippen LogP contribution in [0.15, 0.2) is 35.3 Å². The number of hydrogen-bond donors (Lipinski definition) is 2. The zero-order valence-corrected chi connectivity index (χ0v) is 13.0. The van der Waals surface area contributed by atoms with E-state index in [0.717, 1.165) is 24.9 Å². The number of nitrogens with one attached hydrogen (secondary N) is 1. The van der Waals surface area contributed by atoms with E-state index in [1.807, 2.05) is 30.3 Å². The van der Waals surface area contributed by atoms with Crippen LogP contribution in [0.4, 0.5) is 5.69 Å². The number of aliphatic imine (C=N–C) groups is 1. The Morgan fingerprint density at radius 3 is 2.76 bits per heavy atom. The van der Waals surface area contributed by atoms with Gasteiger partial charge in [0.15, 0.2) is 5.96 Å². The van der Waals surface area contributed by atoms with Crippen LogP contribution in [0.3, 0.4) is 0 Å². The molecule has 0 radical (unpaired) electrons. The largest absolute Gasteiger partial charge is 0.370 e. The highest BCUT2D eigenvalue weighted by molar-refractivity contribution is 7.88. The number of anilines is 1. The maximum Gasteiger partial charge on any atom is 0.211 e. The van der Waals surface area contributed by atoms with E-state index < -0.39 is 10.0 Å².